The van der Waals surface area contributed by atoms with Crippen LogP contribution in [0.1, 0.15) is 17.3 Å². The minimum absolute atomic E-state index is 0.170. The van der Waals surface area contributed by atoms with Gasteiger partial charge in [0.25, 0.3) is 5.91 Å². The molecule has 5 N–H and O–H groups in total. The molecule has 7 nitrogen and oxygen atoms in total. The molecular weight excluding hydrogens is 272 g/mol. The van der Waals surface area contributed by atoms with E-state index in [1.807, 2.05) is 0 Å². The van der Waals surface area contributed by atoms with Gasteiger partial charge >= 0.3 is 0 Å². The molecule has 1 unspecified atom stereocenters. The highest BCUT2D eigenvalue weighted by molar-refractivity contribution is 5.96. The zero-order chi connectivity index (χ0) is 15.8. The fraction of sp³-hybridized carbons (Fsp3) is 0.429. The van der Waals surface area contributed by atoms with Crippen LogP contribution in [-0.4, -0.2) is 45.2 Å². The van der Waals surface area contributed by atoms with Crippen LogP contribution in [0.3, 0.4) is 0 Å². The summed E-state index contributed by atoms with van der Waals surface area (Å²) in [6.07, 6.45) is 0. The highest BCUT2D eigenvalue weighted by atomic mass is 16.5. The van der Waals surface area contributed by atoms with Crippen molar-refractivity contribution in [3.05, 3.63) is 23.8 Å². The number of anilines is 2. The number of hydrogen-bond donors (Lipinski definition) is 4. The summed E-state index contributed by atoms with van der Waals surface area (Å²) in [4.78, 5) is 23.5. The van der Waals surface area contributed by atoms with Gasteiger partial charge in [0.15, 0.2) is 0 Å². The Morgan fingerprint density at radius 1 is 1.38 bits per heavy atom. The predicted molar refractivity (Wildman–Crippen MR) is 82.2 cm³/mol. The van der Waals surface area contributed by atoms with Gasteiger partial charge in [0.05, 0.1) is 18.0 Å². The van der Waals surface area contributed by atoms with Crippen molar-refractivity contribution in [3.63, 3.8) is 0 Å². The van der Waals surface area contributed by atoms with E-state index in [0.29, 0.717) is 30.1 Å². The van der Waals surface area contributed by atoms with Gasteiger partial charge in [-0.15, -0.1) is 0 Å². The monoisotopic (exact) mass is 294 g/mol. The van der Waals surface area contributed by atoms with Crippen molar-refractivity contribution in [2.45, 2.75) is 13.0 Å². The van der Waals surface area contributed by atoms with Gasteiger partial charge in [-0.25, -0.2) is 0 Å². The topological polar surface area (TPSA) is 105 Å². The lowest BCUT2D eigenvalue weighted by atomic mass is 10.1. The largest absolute Gasteiger partial charge is 0.397 e. The van der Waals surface area contributed by atoms with E-state index in [-0.39, 0.29) is 11.8 Å². The van der Waals surface area contributed by atoms with E-state index >= 15 is 0 Å². The Bertz CT molecular complexity index is 505. The third kappa shape index (κ3) is 4.96. The van der Waals surface area contributed by atoms with Gasteiger partial charge in [-0.1, -0.05) is 0 Å². The van der Waals surface area contributed by atoms with Gasteiger partial charge in [0.2, 0.25) is 5.91 Å². The molecule has 116 valence electrons. The maximum atomic E-state index is 11.9. The number of nitrogens with one attached hydrogen (secondary N) is 3. The highest BCUT2D eigenvalue weighted by Gasteiger charge is 2.14. The van der Waals surface area contributed by atoms with Crippen LogP contribution in [0.15, 0.2) is 18.2 Å². The summed E-state index contributed by atoms with van der Waals surface area (Å²) in [5, 5.41) is 8.26. The molecule has 7 heteroatoms. The minimum Gasteiger partial charge on any atom is -0.397 e. The normalized spacial score (nSPS) is 11.6. The van der Waals surface area contributed by atoms with E-state index in [1.54, 1.807) is 39.3 Å². The molecule has 0 saturated carbocycles. The Morgan fingerprint density at radius 2 is 2.10 bits per heavy atom. The van der Waals surface area contributed by atoms with Crippen LogP contribution in [0.2, 0.25) is 0 Å². The first-order valence-corrected chi connectivity index (χ1v) is 6.64. The molecule has 1 aromatic carbocycles. The lowest BCUT2D eigenvalue weighted by molar-refractivity contribution is -0.121. The smallest absolute Gasteiger partial charge is 0.251 e. The summed E-state index contributed by atoms with van der Waals surface area (Å²) >= 11 is 0. The fourth-order valence-electron chi connectivity index (χ4n) is 1.70. The predicted octanol–water partition coefficient (Wildman–Crippen LogP) is 0.191. The first-order valence-electron chi connectivity index (χ1n) is 6.64. The van der Waals surface area contributed by atoms with Gasteiger partial charge in [-0.2, -0.15) is 0 Å². The molecule has 0 aromatic heterocycles. The Labute approximate surface area is 124 Å². The zero-order valence-electron chi connectivity index (χ0n) is 12.5. The van der Waals surface area contributed by atoms with Gasteiger partial charge in [-0.3, -0.25) is 9.59 Å². The number of amides is 2. The molecule has 0 bridgehead atoms. The molecule has 21 heavy (non-hydrogen) atoms. The summed E-state index contributed by atoms with van der Waals surface area (Å²) in [6, 6.07) is 4.39. The van der Waals surface area contributed by atoms with E-state index < -0.39 is 6.04 Å². The third-order valence-corrected chi connectivity index (χ3v) is 2.91. The first kappa shape index (κ1) is 16.8. The molecule has 0 aliphatic heterocycles. The highest BCUT2D eigenvalue weighted by Crippen LogP contribution is 2.21. The first-order chi connectivity index (χ1) is 9.99. The van der Waals surface area contributed by atoms with Crippen LogP contribution >= 0.6 is 0 Å². The van der Waals surface area contributed by atoms with Crippen LogP contribution in [0, 0.1) is 0 Å². The van der Waals surface area contributed by atoms with Gasteiger partial charge in [0, 0.05) is 26.3 Å². The number of nitrogens with two attached hydrogens (primary N) is 1. The molecule has 0 aliphatic carbocycles. The average molecular weight is 294 g/mol. The summed E-state index contributed by atoms with van der Waals surface area (Å²) in [5.41, 5.74) is 7.35. The quantitative estimate of drug-likeness (QED) is 0.424. The van der Waals surface area contributed by atoms with E-state index in [2.05, 4.69) is 16.0 Å². The maximum absolute atomic E-state index is 11.9. The number of hydrogen-bond acceptors (Lipinski definition) is 5. The van der Waals surface area contributed by atoms with Gasteiger partial charge in [-0.05, 0) is 25.1 Å². The second kappa shape index (κ2) is 8.11. The average Bonchev–Trinajstić information content (AvgIpc) is 2.48. The van der Waals surface area contributed by atoms with E-state index in [9.17, 15) is 9.59 Å². The molecule has 1 aromatic rings. The van der Waals surface area contributed by atoms with Crippen LogP contribution in [0.4, 0.5) is 11.4 Å². The lowest BCUT2D eigenvalue weighted by Gasteiger charge is -2.17. The van der Waals surface area contributed by atoms with Crippen molar-refractivity contribution in [3.8, 4) is 0 Å². The molecule has 1 atom stereocenters. The standard InChI is InChI=1S/C14H22N4O3/c1-9(13(19)17-6-7-21-3)18-12-8-10(14(20)16-2)4-5-11(12)15/h4-5,8-9,18H,6-7,15H2,1-3H3,(H,16,20)(H,17,19). The molecule has 0 radical (unpaired) electrons. The van der Waals surface area contributed by atoms with Crippen molar-refractivity contribution < 1.29 is 14.3 Å². The number of carbonyl (C=O) groups excluding carboxylic acids is 2. The summed E-state index contributed by atoms with van der Waals surface area (Å²) in [7, 11) is 3.12. The van der Waals surface area contributed by atoms with Gasteiger partial charge < -0.3 is 26.4 Å². The number of methoxy groups -OCH3 is 1. The fourth-order valence-corrected chi connectivity index (χ4v) is 1.70. The van der Waals surface area contributed by atoms with Crippen molar-refractivity contribution in [1.29, 1.82) is 0 Å². The third-order valence-electron chi connectivity index (χ3n) is 2.91. The molecule has 0 fully saturated rings. The summed E-state index contributed by atoms with van der Waals surface area (Å²) in [5.74, 6) is -0.382. The molecule has 0 aliphatic rings. The number of carbonyl (C=O) groups is 2. The second-order valence-corrected chi connectivity index (χ2v) is 4.53. The molecule has 2 amide bonds. The summed E-state index contributed by atoms with van der Waals surface area (Å²) in [6.45, 7) is 2.61. The van der Waals surface area contributed by atoms with Crippen molar-refractivity contribution in [2.75, 3.05) is 38.4 Å². The summed E-state index contributed by atoms with van der Waals surface area (Å²) < 4.78 is 4.86. The van der Waals surface area contributed by atoms with Crippen molar-refractivity contribution in [2.24, 2.45) is 0 Å². The van der Waals surface area contributed by atoms with E-state index in [0.717, 1.165) is 0 Å². The van der Waals surface area contributed by atoms with Crippen LogP contribution in [-0.2, 0) is 9.53 Å². The SMILES string of the molecule is CNC(=O)c1ccc(N)c(NC(C)C(=O)NCCOC)c1. The van der Waals surface area contributed by atoms with E-state index in [1.165, 1.54) is 0 Å². The molecule has 1 rings (SSSR count). The Kier molecular flexibility index (Phi) is 6.48. The lowest BCUT2D eigenvalue weighted by Crippen LogP contribution is -2.39. The van der Waals surface area contributed by atoms with Crippen LogP contribution in [0.25, 0.3) is 0 Å². The zero-order valence-corrected chi connectivity index (χ0v) is 12.5. The Hall–Kier alpha value is -2.28. The maximum Gasteiger partial charge on any atom is 0.251 e. The molecule has 0 saturated heterocycles. The second-order valence-electron chi connectivity index (χ2n) is 4.53. The number of ether oxygens (including phenoxy) is 1. The van der Waals surface area contributed by atoms with Crippen molar-refractivity contribution >= 4 is 23.2 Å². The van der Waals surface area contributed by atoms with Crippen LogP contribution < -0.4 is 21.7 Å². The Morgan fingerprint density at radius 3 is 2.71 bits per heavy atom. The van der Waals surface area contributed by atoms with Crippen LogP contribution in [0.5, 0.6) is 0 Å². The Balaban J connectivity index is 2.72. The van der Waals surface area contributed by atoms with E-state index in [4.69, 9.17) is 10.5 Å². The molecule has 0 heterocycles. The number of benzene rings is 1. The van der Waals surface area contributed by atoms with Gasteiger partial charge in [0.1, 0.15) is 6.04 Å². The minimum atomic E-state index is -0.482. The molecule has 0 spiro atoms. The van der Waals surface area contributed by atoms with Crippen molar-refractivity contribution in [1.82, 2.24) is 10.6 Å². The number of nitrogen functional groups attached to an aromatic ring is 1. The number of rotatable bonds is 7. The molecular formula is C14H22N4O3.